The molecule has 0 radical (unpaired) electrons. The van der Waals surface area contributed by atoms with E-state index in [1.54, 1.807) is 13.3 Å². The number of ether oxygens (including phenoxy) is 1. The van der Waals surface area contributed by atoms with E-state index in [0.29, 0.717) is 0 Å². The van der Waals surface area contributed by atoms with E-state index in [1.807, 2.05) is 12.3 Å². The van der Waals surface area contributed by atoms with Gasteiger partial charge in [-0.15, -0.1) is 0 Å². The Morgan fingerprint density at radius 1 is 1.31 bits per heavy atom. The molecule has 0 atom stereocenters. The van der Waals surface area contributed by atoms with Crippen molar-refractivity contribution < 1.29 is 4.74 Å². The van der Waals surface area contributed by atoms with Crippen LogP contribution in [0.5, 0.6) is 5.75 Å². The lowest BCUT2D eigenvalue weighted by molar-refractivity contribution is 0.411. The summed E-state index contributed by atoms with van der Waals surface area (Å²) < 4.78 is 5.14. The van der Waals surface area contributed by atoms with E-state index >= 15 is 0 Å². The van der Waals surface area contributed by atoms with Crippen molar-refractivity contribution in [2.45, 2.75) is 39.2 Å². The maximum Gasteiger partial charge on any atom is 0.137 e. The van der Waals surface area contributed by atoms with Crippen LogP contribution in [0.1, 0.15) is 32.8 Å². The molecule has 0 aliphatic heterocycles. The minimum atomic E-state index is 0.201. The van der Waals surface area contributed by atoms with Crippen LogP contribution in [0.3, 0.4) is 0 Å². The predicted octanol–water partition coefficient (Wildman–Crippen LogP) is 2.41. The van der Waals surface area contributed by atoms with Crippen molar-refractivity contribution in [3.63, 3.8) is 0 Å². The van der Waals surface area contributed by atoms with Gasteiger partial charge >= 0.3 is 0 Å². The highest BCUT2D eigenvalue weighted by Gasteiger charge is 2.07. The molecule has 90 valence electrons. The van der Waals surface area contributed by atoms with Crippen molar-refractivity contribution in [1.29, 1.82) is 0 Å². The number of rotatable bonds is 5. The van der Waals surface area contributed by atoms with E-state index < -0.39 is 0 Å². The highest BCUT2D eigenvalue weighted by Crippen LogP contribution is 2.11. The molecular formula is C13H22N2O. The first-order valence-electron chi connectivity index (χ1n) is 5.74. The monoisotopic (exact) mass is 222 g/mol. The van der Waals surface area contributed by atoms with Crippen molar-refractivity contribution in [3.8, 4) is 5.75 Å². The van der Waals surface area contributed by atoms with Gasteiger partial charge in [-0.1, -0.05) is 0 Å². The van der Waals surface area contributed by atoms with Gasteiger partial charge in [-0.3, -0.25) is 4.98 Å². The van der Waals surface area contributed by atoms with E-state index in [-0.39, 0.29) is 5.54 Å². The molecule has 1 rings (SSSR count). The second kappa shape index (κ2) is 5.85. The fraction of sp³-hybridized carbons (Fsp3) is 0.615. The number of hydrogen-bond acceptors (Lipinski definition) is 3. The summed E-state index contributed by atoms with van der Waals surface area (Å²) in [7, 11) is 1.67. The standard InChI is InChI=1S/C13H22N2O/c1-13(2,3)15-7-5-6-11-8-12(16-4)10-14-9-11/h8-10,15H,5-7H2,1-4H3. The normalized spacial score (nSPS) is 11.5. The fourth-order valence-electron chi connectivity index (χ4n) is 1.47. The van der Waals surface area contributed by atoms with Gasteiger partial charge < -0.3 is 10.1 Å². The lowest BCUT2D eigenvalue weighted by Crippen LogP contribution is -2.36. The number of methoxy groups -OCH3 is 1. The molecule has 1 aromatic heterocycles. The van der Waals surface area contributed by atoms with E-state index in [1.165, 1.54) is 5.56 Å². The molecular weight excluding hydrogens is 200 g/mol. The van der Waals surface area contributed by atoms with Gasteiger partial charge in [-0.05, 0) is 51.8 Å². The predicted molar refractivity (Wildman–Crippen MR) is 66.9 cm³/mol. The summed E-state index contributed by atoms with van der Waals surface area (Å²) in [6.45, 7) is 7.57. The Morgan fingerprint density at radius 2 is 2.06 bits per heavy atom. The first-order chi connectivity index (χ1) is 7.51. The smallest absolute Gasteiger partial charge is 0.137 e. The second-order valence-electron chi connectivity index (χ2n) is 5.01. The summed E-state index contributed by atoms with van der Waals surface area (Å²) in [5, 5.41) is 3.47. The largest absolute Gasteiger partial charge is 0.495 e. The zero-order valence-corrected chi connectivity index (χ0v) is 10.7. The Bertz CT molecular complexity index is 318. The first-order valence-corrected chi connectivity index (χ1v) is 5.74. The highest BCUT2D eigenvalue weighted by molar-refractivity contribution is 5.23. The van der Waals surface area contributed by atoms with Gasteiger partial charge in [0, 0.05) is 11.7 Å². The summed E-state index contributed by atoms with van der Waals surface area (Å²) >= 11 is 0. The minimum Gasteiger partial charge on any atom is -0.495 e. The van der Waals surface area contributed by atoms with Gasteiger partial charge in [-0.2, -0.15) is 0 Å². The molecule has 0 spiro atoms. The Kier molecular flexibility index (Phi) is 4.74. The second-order valence-corrected chi connectivity index (χ2v) is 5.01. The molecule has 0 bridgehead atoms. The number of aryl methyl sites for hydroxylation is 1. The number of nitrogens with one attached hydrogen (secondary N) is 1. The van der Waals surface area contributed by atoms with Crippen molar-refractivity contribution >= 4 is 0 Å². The van der Waals surface area contributed by atoms with Gasteiger partial charge in [0.15, 0.2) is 0 Å². The highest BCUT2D eigenvalue weighted by atomic mass is 16.5. The zero-order valence-electron chi connectivity index (χ0n) is 10.7. The van der Waals surface area contributed by atoms with Gasteiger partial charge in [-0.25, -0.2) is 0 Å². The summed E-state index contributed by atoms with van der Waals surface area (Å²) in [6.07, 6.45) is 5.79. The van der Waals surface area contributed by atoms with Crippen LogP contribution in [0.2, 0.25) is 0 Å². The molecule has 0 unspecified atom stereocenters. The number of hydrogen-bond donors (Lipinski definition) is 1. The van der Waals surface area contributed by atoms with E-state index in [4.69, 9.17) is 4.74 Å². The maximum absolute atomic E-state index is 5.14. The van der Waals surface area contributed by atoms with Crippen LogP contribution in [0.15, 0.2) is 18.5 Å². The van der Waals surface area contributed by atoms with Gasteiger partial charge in [0.05, 0.1) is 13.3 Å². The number of pyridine rings is 1. The van der Waals surface area contributed by atoms with Crippen LogP contribution in [0, 0.1) is 0 Å². The van der Waals surface area contributed by atoms with Gasteiger partial charge in [0.25, 0.3) is 0 Å². The quantitative estimate of drug-likeness (QED) is 0.777. The fourth-order valence-corrected chi connectivity index (χ4v) is 1.47. The third-order valence-electron chi connectivity index (χ3n) is 2.30. The summed E-state index contributed by atoms with van der Waals surface area (Å²) in [5.41, 5.74) is 1.43. The molecule has 0 amide bonds. The third-order valence-corrected chi connectivity index (χ3v) is 2.30. The Balaban J connectivity index is 2.32. The van der Waals surface area contributed by atoms with Crippen LogP contribution < -0.4 is 10.1 Å². The van der Waals surface area contributed by atoms with Crippen LogP contribution in [-0.2, 0) is 6.42 Å². The maximum atomic E-state index is 5.14. The molecule has 0 aliphatic rings. The van der Waals surface area contributed by atoms with Gasteiger partial charge in [0.1, 0.15) is 5.75 Å². The summed E-state index contributed by atoms with van der Waals surface area (Å²) in [5.74, 6) is 0.835. The molecule has 3 heteroatoms. The van der Waals surface area contributed by atoms with Crippen LogP contribution in [0.4, 0.5) is 0 Å². The SMILES string of the molecule is COc1cncc(CCCNC(C)(C)C)c1. The average Bonchev–Trinajstić information content (AvgIpc) is 2.23. The van der Waals surface area contributed by atoms with E-state index in [0.717, 1.165) is 25.1 Å². The van der Waals surface area contributed by atoms with E-state index in [9.17, 15) is 0 Å². The van der Waals surface area contributed by atoms with Crippen LogP contribution >= 0.6 is 0 Å². The molecule has 0 saturated carbocycles. The van der Waals surface area contributed by atoms with Crippen molar-refractivity contribution in [1.82, 2.24) is 10.3 Å². The molecule has 1 aromatic rings. The Morgan fingerprint density at radius 3 is 2.69 bits per heavy atom. The topological polar surface area (TPSA) is 34.1 Å². The molecule has 0 fully saturated rings. The van der Waals surface area contributed by atoms with Crippen molar-refractivity contribution in [2.75, 3.05) is 13.7 Å². The molecule has 0 aromatic carbocycles. The van der Waals surface area contributed by atoms with Crippen molar-refractivity contribution in [2.24, 2.45) is 0 Å². The lowest BCUT2D eigenvalue weighted by Gasteiger charge is -2.20. The van der Waals surface area contributed by atoms with Crippen LogP contribution in [0.25, 0.3) is 0 Å². The number of aromatic nitrogens is 1. The average molecular weight is 222 g/mol. The molecule has 0 saturated heterocycles. The molecule has 16 heavy (non-hydrogen) atoms. The third kappa shape index (κ3) is 5.12. The molecule has 0 aliphatic carbocycles. The Labute approximate surface area is 98.2 Å². The lowest BCUT2D eigenvalue weighted by atomic mass is 10.1. The zero-order chi connectivity index (χ0) is 12.0. The number of nitrogens with zero attached hydrogens (tertiary/aromatic N) is 1. The summed E-state index contributed by atoms with van der Waals surface area (Å²) in [4.78, 5) is 4.14. The van der Waals surface area contributed by atoms with Crippen molar-refractivity contribution in [3.05, 3.63) is 24.0 Å². The van der Waals surface area contributed by atoms with Gasteiger partial charge in [0.2, 0.25) is 0 Å². The molecule has 1 heterocycles. The Hall–Kier alpha value is -1.09. The minimum absolute atomic E-state index is 0.201. The molecule has 3 nitrogen and oxygen atoms in total. The first kappa shape index (κ1) is 13.0. The van der Waals surface area contributed by atoms with E-state index in [2.05, 4.69) is 31.1 Å². The molecule has 1 N–H and O–H groups in total. The summed E-state index contributed by atoms with van der Waals surface area (Å²) in [6, 6.07) is 2.05. The van der Waals surface area contributed by atoms with Crippen LogP contribution in [-0.4, -0.2) is 24.2 Å².